The van der Waals surface area contributed by atoms with Crippen LogP contribution < -0.4 is 5.32 Å². The number of hydrogen-bond acceptors (Lipinski definition) is 3. The summed E-state index contributed by atoms with van der Waals surface area (Å²) in [4.78, 5) is 4.15. The maximum atomic E-state index is 5.39. The third-order valence-electron chi connectivity index (χ3n) is 2.45. The van der Waals surface area contributed by atoms with Crippen LogP contribution in [-0.2, 0) is 6.54 Å². The van der Waals surface area contributed by atoms with Gasteiger partial charge in [0.1, 0.15) is 5.76 Å². The first-order valence-electron chi connectivity index (χ1n) is 5.72. The summed E-state index contributed by atoms with van der Waals surface area (Å²) in [6, 6.07) is 0.527. The van der Waals surface area contributed by atoms with Crippen molar-refractivity contribution < 1.29 is 4.42 Å². The van der Waals surface area contributed by atoms with Gasteiger partial charge < -0.3 is 9.73 Å². The molecule has 1 atom stereocenters. The predicted molar refractivity (Wildman–Crippen MR) is 61.6 cm³/mol. The number of nitrogens with one attached hydrogen (secondary N) is 1. The Hall–Kier alpha value is -0.830. The number of nitrogens with zero attached hydrogens (tertiary/aromatic N) is 1. The normalized spacial score (nSPS) is 13.4. The van der Waals surface area contributed by atoms with Crippen LogP contribution in [0.15, 0.2) is 10.6 Å². The highest BCUT2D eigenvalue weighted by atomic mass is 16.4. The fourth-order valence-electron chi connectivity index (χ4n) is 1.43. The van der Waals surface area contributed by atoms with E-state index >= 15 is 0 Å². The topological polar surface area (TPSA) is 38.1 Å². The van der Waals surface area contributed by atoms with E-state index in [2.05, 4.69) is 31.1 Å². The molecule has 0 radical (unpaired) electrons. The molecule has 1 unspecified atom stereocenters. The van der Waals surface area contributed by atoms with Crippen molar-refractivity contribution in [2.24, 2.45) is 5.92 Å². The molecular formula is C12H22N2O. The summed E-state index contributed by atoms with van der Waals surface area (Å²) in [7, 11) is 0. The van der Waals surface area contributed by atoms with Crippen molar-refractivity contribution in [3.8, 4) is 0 Å². The lowest BCUT2D eigenvalue weighted by molar-refractivity contribution is 0.403. The van der Waals surface area contributed by atoms with Gasteiger partial charge in [-0.1, -0.05) is 13.8 Å². The maximum Gasteiger partial charge on any atom is 0.208 e. The highest BCUT2D eigenvalue weighted by Gasteiger charge is 2.05. The van der Waals surface area contributed by atoms with E-state index in [1.54, 1.807) is 6.20 Å². The number of aryl methyl sites for hydroxylation is 1. The zero-order chi connectivity index (χ0) is 11.3. The molecule has 3 heteroatoms. The largest absolute Gasteiger partial charge is 0.445 e. The maximum absolute atomic E-state index is 5.39. The average molecular weight is 210 g/mol. The third-order valence-corrected chi connectivity index (χ3v) is 2.45. The van der Waals surface area contributed by atoms with Crippen LogP contribution in [-0.4, -0.2) is 11.0 Å². The van der Waals surface area contributed by atoms with Gasteiger partial charge in [-0.15, -0.1) is 0 Å². The molecule has 0 amide bonds. The zero-order valence-corrected chi connectivity index (χ0v) is 10.2. The van der Waals surface area contributed by atoms with E-state index in [4.69, 9.17) is 4.42 Å². The van der Waals surface area contributed by atoms with Gasteiger partial charge >= 0.3 is 0 Å². The van der Waals surface area contributed by atoms with Gasteiger partial charge in [-0.05, 0) is 32.6 Å². The van der Waals surface area contributed by atoms with Crippen LogP contribution >= 0.6 is 0 Å². The molecule has 0 fully saturated rings. The lowest BCUT2D eigenvalue weighted by atomic mass is 10.0. The Balaban J connectivity index is 2.19. The van der Waals surface area contributed by atoms with Crippen LogP contribution in [0.1, 0.15) is 45.3 Å². The summed E-state index contributed by atoms with van der Waals surface area (Å²) < 4.78 is 5.39. The van der Waals surface area contributed by atoms with Crippen molar-refractivity contribution >= 4 is 0 Å². The number of aromatic nitrogens is 1. The van der Waals surface area contributed by atoms with Crippen molar-refractivity contribution in [2.45, 2.75) is 53.1 Å². The molecule has 0 aliphatic carbocycles. The van der Waals surface area contributed by atoms with Crippen LogP contribution in [0, 0.1) is 12.8 Å². The third kappa shape index (κ3) is 4.98. The van der Waals surface area contributed by atoms with Gasteiger partial charge in [0, 0.05) is 6.04 Å². The molecule has 15 heavy (non-hydrogen) atoms. The monoisotopic (exact) mass is 210 g/mol. The summed E-state index contributed by atoms with van der Waals surface area (Å²) in [6.07, 6.45) is 4.23. The second-order valence-electron chi connectivity index (χ2n) is 4.62. The lowest BCUT2D eigenvalue weighted by Crippen LogP contribution is -2.25. The fraction of sp³-hybridized carbons (Fsp3) is 0.750. The van der Waals surface area contributed by atoms with Crippen molar-refractivity contribution in [3.63, 3.8) is 0 Å². The molecular weight excluding hydrogens is 188 g/mol. The van der Waals surface area contributed by atoms with Gasteiger partial charge in [0.15, 0.2) is 0 Å². The minimum absolute atomic E-state index is 0.527. The van der Waals surface area contributed by atoms with E-state index in [1.807, 2.05) is 6.92 Å². The highest BCUT2D eigenvalue weighted by Crippen LogP contribution is 2.07. The second kappa shape index (κ2) is 5.91. The first kappa shape index (κ1) is 12.2. The van der Waals surface area contributed by atoms with Crippen LogP contribution in [0.5, 0.6) is 0 Å². The molecule has 0 aromatic carbocycles. The van der Waals surface area contributed by atoms with Crippen molar-refractivity contribution in [3.05, 3.63) is 17.8 Å². The minimum atomic E-state index is 0.527. The van der Waals surface area contributed by atoms with Crippen LogP contribution in [0.2, 0.25) is 0 Å². The number of oxazole rings is 1. The summed E-state index contributed by atoms with van der Waals surface area (Å²) >= 11 is 0. The Morgan fingerprint density at radius 2 is 2.07 bits per heavy atom. The fourth-order valence-corrected chi connectivity index (χ4v) is 1.43. The Morgan fingerprint density at radius 3 is 2.60 bits per heavy atom. The average Bonchev–Trinajstić information content (AvgIpc) is 2.58. The molecule has 1 heterocycles. The predicted octanol–water partition coefficient (Wildman–Crippen LogP) is 2.90. The quantitative estimate of drug-likeness (QED) is 0.784. The molecule has 86 valence electrons. The Kier molecular flexibility index (Phi) is 4.82. The summed E-state index contributed by atoms with van der Waals surface area (Å²) in [5.74, 6) is 2.43. The Bertz CT molecular complexity index is 281. The summed E-state index contributed by atoms with van der Waals surface area (Å²) in [6.45, 7) is 9.36. The summed E-state index contributed by atoms with van der Waals surface area (Å²) in [5, 5.41) is 3.41. The van der Waals surface area contributed by atoms with E-state index in [0.29, 0.717) is 6.04 Å². The Labute approximate surface area is 92.3 Å². The van der Waals surface area contributed by atoms with Gasteiger partial charge in [0.25, 0.3) is 0 Å². The summed E-state index contributed by atoms with van der Waals surface area (Å²) in [5.41, 5.74) is 0. The zero-order valence-electron chi connectivity index (χ0n) is 10.2. The number of rotatable bonds is 6. The standard InChI is InChI=1S/C12H22N2O/c1-9(2)5-6-10(3)13-8-12-14-7-11(4)15-12/h7,9-10,13H,5-6,8H2,1-4H3. The smallest absolute Gasteiger partial charge is 0.208 e. The van der Waals surface area contributed by atoms with Gasteiger partial charge in [0.05, 0.1) is 12.7 Å². The molecule has 0 saturated carbocycles. The van der Waals surface area contributed by atoms with Crippen molar-refractivity contribution in [1.29, 1.82) is 0 Å². The van der Waals surface area contributed by atoms with E-state index in [1.165, 1.54) is 12.8 Å². The van der Waals surface area contributed by atoms with Crippen LogP contribution in [0.4, 0.5) is 0 Å². The molecule has 0 aliphatic rings. The van der Waals surface area contributed by atoms with Crippen molar-refractivity contribution in [2.75, 3.05) is 0 Å². The Morgan fingerprint density at radius 1 is 1.33 bits per heavy atom. The molecule has 0 spiro atoms. The minimum Gasteiger partial charge on any atom is -0.445 e. The molecule has 0 saturated heterocycles. The van der Waals surface area contributed by atoms with Crippen molar-refractivity contribution in [1.82, 2.24) is 10.3 Å². The van der Waals surface area contributed by atoms with E-state index in [9.17, 15) is 0 Å². The molecule has 1 aromatic rings. The SMILES string of the molecule is Cc1cnc(CNC(C)CCC(C)C)o1. The van der Waals surface area contributed by atoms with Crippen LogP contribution in [0.3, 0.4) is 0 Å². The van der Waals surface area contributed by atoms with E-state index in [0.717, 1.165) is 24.1 Å². The lowest BCUT2D eigenvalue weighted by Gasteiger charge is -2.13. The molecule has 1 N–H and O–H groups in total. The van der Waals surface area contributed by atoms with Gasteiger partial charge in [-0.25, -0.2) is 4.98 Å². The first-order valence-corrected chi connectivity index (χ1v) is 5.72. The number of hydrogen-bond donors (Lipinski definition) is 1. The first-order chi connectivity index (χ1) is 7.08. The van der Waals surface area contributed by atoms with E-state index in [-0.39, 0.29) is 0 Å². The van der Waals surface area contributed by atoms with E-state index < -0.39 is 0 Å². The van der Waals surface area contributed by atoms with Gasteiger partial charge in [-0.3, -0.25) is 0 Å². The highest BCUT2D eigenvalue weighted by molar-refractivity contribution is 4.90. The van der Waals surface area contributed by atoms with Crippen LogP contribution in [0.25, 0.3) is 0 Å². The molecule has 0 bridgehead atoms. The molecule has 0 aliphatic heterocycles. The second-order valence-corrected chi connectivity index (χ2v) is 4.62. The van der Waals surface area contributed by atoms with Gasteiger partial charge in [-0.2, -0.15) is 0 Å². The molecule has 3 nitrogen and oxygen atoms in total. The molecule has 1 rings (SSSR count). The molecule has 1 aromatic heterocycles. The van der Waals surface area contributed by atoms with Gasteiger partial charge in [0.2, 0.25) is 5.89 Å².